The Hall–Kier alpha value is -2.14. The van der Waals surface area contributed by atoms with E-state index in [0.717, 1.165) is 19.3 Å². The highest BCUT2D eigenvalue weighted by Gasteiger charge is 2.16. The van der Waals surface area contributed by atoms with Crippen LogP contribution >= 0.6 is 0 Å². The van der Waals surface area contributed by atoms with Gasteiger partial charge in [0, 0.05) is 6.54 Å². The van der Waals surface area contributed by atoms with Crippen molar-refractivity contribution >= 4 is 5.91 Å². The van der Waals surface area contributed by atoms with Gasteiger partial charge in [0.2, 0.25) is 5.89 Å². The van der Waals surface area contributed by atoms with E-state index in [-0.39, 0.29) is 17.6 Å². The Morgan fingerprint density at radius 1 is 1.36 bits per heavy atom. The Morgan fingerprint density at radius 3 is 2.77 bits per heavy atom. The molecule has 2 aromatic rings. The van der Waals surface area contributed by atoms with Crippen molar-refractivity contribution in [3.63, 3.8) is 0 Å². The van der Waals surface area contributed by atoms with Crippen LogP contribution < -0.4 is 11.1 Å². The third-order valence-corrected chi connectivity index (χ3v) is 3.49. The van der Waals surface area contributed by atoms with Crippen molar-refractivity contribution in [2.24, 2.45) is 5.73 Å². The fraction of sp³-hybridized carbons (Fsp3) is 0.412. The van der Waals surface area contributed by atoms with E-state index in [1.54, 1.807) is 0 Å². The molecule has 0 spiro atoms. The van der Waals surface area contributed by atoms with Gasteiger partial charge in [0.1, 0.15) is 6.26 Å². The number of carbonyl (C=O) groups excluding carboxylic acids is 1. The van der Waals surface area contributed by atoms with Gasteiger partial charge < -0.3 is 15.5 Å². The molecule has 1 unspecified atom stereocenters. The van der Waals surface area contributed by atoms with Crippen LogP contribution in [-0.4, -0.2) is 17.4 Å². The van der Waals surface area contributed by atoms with E-state index in [0.29, 0.717) is 12.4 Å². The highest BCUT2D eigenvalue weighted by molar-refractivity contribution is 5.91. The maximum atomic E-state index is 12.0. The van der Waals surface area contributed by atoms with Crippen molar-refractivity contribution in [1.29, 1.82) is 0 Å². The van der Waals surface area contributed by atoms with Gasteiger partial charge in [-0.1, -0.05) is 43.2 Å². The summed E-state index contributed by atoms with van der Waals surface area (Å²) in [5.41, 5.74) is 8.62. The van der Waals surface area contributed by atoms with Crippen LogP contribution in [0.25, 0.3) is 0 Å². The minimum absolute atomic E-state index is 0.231. The largest absolute Gasteiger partial charge is 0.446 e. The van der Waals surface area contributed by atoms with Crippen LogP contribution in [0.15, 0.2) is 34.9 Å². The number of benzene rings is 1. The summed E-state index contributed by atoms with van der Waals surface area (Å²) >= 11 is 0. The van der Waals surface area contributed by atoms with E-state index in [4.69, 9.17) is 10.2 Å². The van der Waals surface area contributed by atoms with Crippen LogP contribution in [0.1, 0.15) is 53.3 Å². The van der Waals surface area contributed by atoms with Crippen molar-refractivity contribution in [2.45, 2.75) is 39.2 Å². The maximum absolute atomic E-state index is 12.0. The summed E-state index contributed by atoms with van der Waals surface area (Å²) in [6, 6.07) is 8.02. The molecular formula is C17H23N3O2. The lowest BCUT2D eigenvalue weighted by Gasteiger charge is -2.04. The number of hydrogen-bond donors (Lipinski definition) is 2. The molecule has 5 nitrogen and oxygen atoms in total. The first-order valence-electron chi connectivity index (χ1n) is 7.65. The van der Waals surface area contributed by atoms with Crippen molar-refractivity contribution in [3.05, 3.63) is 53.2 Å². The number of nitrogens with one attached hydrogen (secondary N) is 1. The molecule has 0 saturated carbocycles. The lowest BCUT2D eigenvalue weighted by molar-refractivity contribution is 0.0949. The number of aryl methyl sites for hydroxylation is 1. The molecule has 3 N–H and O–H groups in total. The number of carbonyl (C=O) groups is 1. The Labute approximate surface area is 130 Å². The molecule has 0 aliphatic heterocycles. The molecule has 0 aliphatic rings. The summed E-state index contributed by atoms with van der Waals surface area (Å²) in [5, 5.41) is 2.84. The molecule has 22 heavy (non-hydrogen) atoms. The molecule has 118 valence electrons. The van der Waals surface area contributed by atoms with E-state index >= 15 is 0 Å². The Morgan fingerprint density at radius 2 is 2.09 bits per heavy atom. The second kappa shape index (κ2) is 7.75. The molecule has 0 bridgehead atoms. The van der Waals surface area contributed by atoms with Gasteiger partial charge in [0.15, 0.2) is 5.69 Å². The van der Waals surface area contributed by atoms with Gasteiger partial charge in [-0.15, -0.1) is 0 Å². The fourth-order valence-corrected chi connectivity index (χ4v) is 2.16. The number of nitrogens with two attached hydrogens (primary N) is 1. The standard InChI is InChI=1S/C17H23N3O2/c1-3-4-14(18)17-20-15(11-22-17)16(21)19-10-9-13-7-5-12(2)6-8-13/h5-8,11,14H,3-4,9-10,18H2,1-2H3,(H,19,21). The second-order valence-corrected chi connectivity index (χ2v) is 5.46. The van der Waals surface area contributed by atoms with Crippen LogP contribution in [0.4, 0.5) is 0 Å². The quantitative estimate of drug-likeness (QED) is 0.824. The Kier molecular flexibility index (Phi) is 5.72. The molecule has 0 saturated heterocycles. The van der Waals surface area contributed by atoms with Gasteiger partial charge in [-0.05, 0) is 25.3 Å². The number of aromatic nitrogens is 1. The van der Waals surface area contributed by atoms with Crippen molar-refractivity contribution < 1.29 is 9.21 Å². The van der Waals surface area contributed by atoms with Gasteiger partial charge >= 0.3 is 0 Å². The average molecular weight is 301 g/mol. The lowest BCUT2D eigenvalue weighted by Crippen LogP contribution is -2.26. The molecule has 0 aliphatic carbocycles. The van der Waals surface area contributed by atoms with E-state index in [9.17, 15) is 4.79 Å². The Bertz CT molecular complexity index is 605. The lowest BCUT2D eigenvalue weighted by atomic mass is 10.1. The molecule has 1 aromatic carbocycles. The van der Waals surface area contributed by atoms with Gasteiger partial charge in [-0.3, -0.25) is 4.79 Å². The van der Waals surface area contributed by atoms with Crippen LogP contribution in [-0.2, 0) is 6.42 Å². The van der Waals surface area contributed by atoms with Gasteiger partial charge in [-0.25, -0.2) is 4.98 Å². The van der Waals surface area contributed by atoms with Crippen LogP contribution in [0.3, 0.4) is 0 Å². The van der Waals surface area contributed by atoms with Crippen molar-refractivity contribution in [2.75, 3.05) is 6.54 Å². The Balaban J connectivity index is 1.83. The molecule has 5 heteroatoms. The third-order valence-electron chi connectivity index (χ3n) is 3.49. The zero-order valence-corrected chi connectivity index (χ0v) is 13.1. The van der Waals surface area contributed by atoms with Gasteiger partial charge in [-0.2, -0.15) is 0 Å². The predicted molar refractivity (Wildman–Crippen MR) is 85.6 cm³/mol. The number of oxazole rings is 1. The second-order valence-electron chi connectivity index (χ2n) is 5.46. The zero-order chi connectivity index (χ0) is 15.9. The number of hydrogen-bond acceptors (Lipinski definition) is 4. The number of nitrogens with zero attached hydrogens (tertiary/aromatic N) is 1. The zero-order valence-electron chi connectivity index (χ0n) is 13.1. The molecule has 1 amide bonds. The first-order chi connectivity index (χ1) is 10.6. The van der Waals surface area contributed by atoms with E-state index in [1.807, 2.05) is 6.92 Å². The molecular weight excluding hydrogens is 278 g/mol. The monoisotopic (exact) mass is 301 g/mol. The molecule has 1 heterocycles. The average Bonchev–Trinajstić information content (AvgIpc) is 2.99. The molecule has 1 atom stereocenters. The third kappa shape index (κ3) is 4.43. The highest BCUT2D eigenvalue weighted by atomic mass is 16.3. The highest BCUT2D eigenvalue weighted by Crippen LogP contribution is 2.14. The summed E-state index contributed by atoms with van der Waals surface area (Å²) < 4.78 is 5.28. The van der Waals surface area contributed by atoms with Crippen molar-refractivity contribution in [3.8, 4) is 0 Å². The van der Waals surface area contributed by atoms with E-state index in [1.165, 1.54) is 17.4 Å². The number of amides is 1. The molecule has 1 aromatic heterocycles. The van der Waals surface area contributed by atoms with Crippen molar-refractivity contribution in [1.82, 2.24) is 10.3 Å². The normalized spacial score (nSPS) is 12.1. The van der Waals surface area contributed by atoms with Crippen LogP contribution in [0.5, 0.6) is 0 Å². The molecule has 2 rings (SSSR count). The summed E-state index contributed by atoms with van der Waals surface area (Å²) in [6.45, 7) is 4.66. The number of rotatable bonds is 7. The summed E-state index contributed by atoms with van der Waals surface area (Å²) in [5.74, 6) is 0.191. The minimum Gasteiger partial charge on any atom is -0.446 e. The molecule has 0 radical (unpaired) electrons. The van der Waals surface area contributed by atoms with E-state index in [2.05, 4.69) is 41.5 Å². The summed E-state index contributed by atoms with van der Waals surface area (Å²) in [7, 11) is 0. The SMILES string of the molecule is CCCC(N)c1nc(C(=O)NCCc2ccc(C)cc2)co1. The minimum atomic E-state index is -0.251. The van der Waals surface area contributed by atoms with E-state index < -0.39 is 0 Å². The molecule has 0 fully saturated rings. The summed E-state index contributed by atoms with van der Waals surface area (Å²) in [4.78, 5) is 16.2. The maximum Gasteiger partial charge on any atom is 0.273 e. The van der Waals surface area contributed by atoms with Gasteiger partial charge in [0.25, 0.3) is 5.91 Å². The van der Waals surface area contributed by atoms with Crippen LogP contribution in [0.2, 0.25) is 0 Å². The smallest absolute Gasteiger partial charge is 0.273 e. The topological polar surface area (TPSA) is 81.1 Å². The van der Waals surface area contributed by atoms with Gasteiger partial charge in [0.05, 0.1) is 6.04 Å². The first kappa shape index (κ1) is 16.2. The van der Waals surface area contributed by atoms with Crippen LogP contribution in [0, 0.1) is 6.92 Å². The first-order valence-corrected chi connectivity index (χ1v) is 7.65. The fourth-order valence-electron chi connectivity index (χ4n) is 2.16. The predicted octanol–water partition coefficient (Wildman–Crippen LogP) is 2.76. The summed E-state index contributed by atoms with van der Waals surface area (Å²) in [6.07, 6.45) is 3.88.